The third-order valence-electron chi connectivity index (χ3n) is 3.57. The van der Waals surface area contributed by atoms with Crippen LogP contribution in [0.3, 0.4) is 0 Å². The quantitative estimate of drug-likeness (QED) is 0.817. The second-order valence-electron chi connectivity index (χ2n) is 5.43. The fourth-order valence-electron chi connectivity index (χ4n) is 2.34. The average molecular weight is 331 g/mol. The van der Waals surface area contributed by atoms with Gasteiger partial charge in [-0.05, 0) is 38.3 Å². The van der Waals surface area contributed by atoms with Gasteiger partial charge in [0.1, 0.15) is 17.1 Å². The van der Waals surface area contributed by atoms with Crippen molar-refractivity contribution in [2.75, 3.05) is 6.61 Å². The summed E-state index contributed by atoms with van der Waals surface area (Å²) in [5.41, 5.74) is 7.45. The largest absolute Gasteiger partial charge is 0.483 e. The van der Waals surface area contributed by atoms with Crippen LogP contribution in [0.4, 0.5) is 0 Å². The van der Waals surface area contributed by atoms with Crippen molar-refractivity contribution in [1.82, 2.24) is 16.0 Å². The molecule has 0 unspecified atom stereocenters. The van der Waals surface area contributed by atoms with Gasteiger partial charge in [0.25, 0.3) is 11.8 Å². The van der Waals surface area contributed by atoms with Gasteiger partial charge in [-0.1, -0.05) is 30.3 Å². The first-order valence-corrected chi connectivity index (χ1v) is 7.67. The summed E-state index contributed by atoms with van der Waals surface area (Å²) >= 11 is 0. The van der Waals surface area contributed by atoms with Crippen LogP contribution in [-0.4, -0.2) is 23.6 Å². The third kappa shape index (κ3) is 3.92. The number of ether oxygens (including phenoxy) is 1. The number of rotatable bonds is 5. The third-order valence-corrected chi connectivity index (χ3v) is 3.57. The average Bonchev–Trinajstić information content (AvgIpc) is 2.93. The van der Waals surface area contributed by atoms with Crippen LogP contribution in [0.15, 0.2) is 22.7 Å². The molecule has 0 saturated carbocycles. The van der Waals surface area contributed by atoms with E-state index in [0.29, 0.717) is 29.2 Å². The topological polar surface area (TPSA) is 93.5 Å². The van der Waals surface area contributed by atoms with Gasteiger partial charge in [0, 0.05) is 0 Å². The van der Waals surface area contributed by atoms with E-state index in [4.69, 9.17) is 9.26 Å². The van der Waals surface area contributed by atoms with E-state index >= 15 is 0 Å². The van der Waals surface area contributed by atoms with E-state index < -0.39 is 11.8 Å². The molecule has 0 fully saturated rings. The second kappa shape index (κ2) is 7.63. The normalized spacial score (nSPS) is 10.3. The molecule has 24 heavy (non-hydrogen) atoms. The summed E-state index contributed by atoms with van der Waals surface area (Å²) in [4.78, 5) is 24.0. The number of carbonyl (C=O) groups is 2. The molecule has 0 aliphatic rings. The highest BCUT2D eigenvalue weighted by Gasteiger charge is 2.19. The van der Waals surface area contributed by atoms with Gasteiger partial charge < -0.3 is 9.26 Å². The molecule has 1 aromatic heterocycles. The van der Waals surface area contributed by atoms with Gasteiger partial charge in [0.05, 0.1) is 5.69 Å². The van der Waals surface area contributed by atoms with Gasteiger partial charge in [-0.25, -0.2) is 0 Å². The van der Waals surface area contributed by atoms with E-state index in [9.17, 15) is 9.59 Å². The number of nitrogens with one attached hydrogen (secondary N) is 2. The van der Waals surface area contributed by atoms with Gasteiger partial charge in [-0.15, -0.1) is 0 Å². The zero-order chi connectivity index (χ0) is 17.7. The number of hydrazine groups is 1. The summed E-state index contributed by atoms with van der Waals surface area (Å²) in [6.07, 6.45) is 0.559. The number of aromatic nitrogens is 1. The van der Waals surface area contributed by atoms with Crippen LogP contribution in [0.25, 0.3) is 0 Å². The number of para-hydroxylation sites is 1. The van der Waals surface area contributed by atoms with E-state index in [1.165, 1.54) is 0 Å². The fraction of sp³-hybridized carbons (Fsp3) is 0.353. The molecule has 128 valence electrons. The Morgan fingerprint density at radius 2 is 1.83 bits per heavy atom. The van der Waals surface area contributed by atoms with Crippen molar-refractivity contribution in [3.05, 3.63) is 46.3 Å². The van der Waals surface area contributed by atoms with Crippen LogP contribution in [0.5, 0.6) is 5.75 Å². The molecule has 0 saturated heterocycles. The van der Waals surface area contributed by atoms with E-state index in [-0.39, 0.29) is 6.61 Å². The van der Waals surface area contributed by atoms with Crippen LogP contribution in [-0.2, 0) is 11.2 Å². The number of hydrogen-bond donors (Lipinski definition) is 2. The Morgan fingerprint density at radius 3 is 2.46 bits per heavy atom. The first-order valence-electron chi connectivity index (χ1n) is 7.67. The molecule has 0 aliphatic heterocycles. The molecule has 7 heteroatoms. The molecule has 1 aromatic carbocycles. The Kier molecular flexibility index (Phi) is 5.57. The van der Waals surface area contributed by atoms with Crippen molar-refractivity contribution in [2.45, 2.75) is 34.1 Å². The molecule has 1 heterocycles. The zero-order valence-electron chi connectivity index (χ0n) is 14.2. The molecule has 7 nitrogen and oxygen atoms in total. The number of carbonyl (C=O) groups excluding carboxylic acids is 2. The van der Waals surface area contributed by atoms with Crippen molar-refractivity contribution >= 4 is 11.8 Å². The van der Waals surface area contributed by atoms with Crippen LogP contribution >= 0.6 is 0 Å². The molecular weight excluding hydrogens is 310 g/mol. The SMILES string of the molecule is CCc1noc(C)c1C(=O)NNC(=O)COc1c(C)cccc1C. The van der Waals surface area contributed by atoms with Gasteiger partial charge in [-0.3, -0.25) is 20.4 Å². The van der Waals surface area contributed by atoms with Crippen LogP contribution in [0, 0.1) is 20.8 Å². The lowest BCUT2D eigenvalue weighted by molar-refractivity contribution is -0.123. The molecule has 0 bridgehead atoms. The number of hydrogen-bond acceptors (Lipinski definition) is 5. The van der Waals surface area contributed by atoms with Crippen LogP contribution in [0.1, 0.15) is 39.9 Å². The summed E-state index contributed by atoms with van der Waals surface area (Å²) in [6, 6.07) is 5.73. The Labute approximate surface area is 140 Å². The Bertz CT molecular complexity index is 732. The van der Waals surface area contributed by atoms with Crippen LogP contribution in [0.2, 0.25) is 0 Å². The lowest BCUT2D eigenvalue weighted by Gasteiger charge is -2.12. The van der Waals surface area contributed by atoms with Gasteiger partial charge in [0.15, 0.2) is 6.61 Å². The van der Waals surface area contributed by atoms with Gasteiger partial charge in [-0.2, -0.15) is 0 Å². The van der Waals surface area contributed by atoms with Crippen molar-refractivity contribution < 1.29 is 18.8 Å². The van der Waals surface area contributed by atoms with Crippen LogP contribution < -0.4 is 15.6 Å². The molecule has 2 rings (SSSR count). The monoisotopic (exact) mass is 331 g/mol. The lowest BCUT2D eigenvalue weighted by atomic mass is 10.1. The predicted molar refractivity (Wildman–Crippen MR) is 87.6 cm³/mol. The molecule has 2 amide bonds. The standard InChI is InChI=1S/C17H21N3O4/c1-5-13-15(12(4)24-20-13)17(22)19-18-14(21)9-23-16-10(2)7-6-8-11(16)3/h6-8H,5,9H2,1-4H3,(H,18,21)(H,19,22). The zero-order valence-corrected chi connectivity index (χ0v) is 14.2. The minimum Gasteiger partial charge on any atom is -0.483 e. The van der Waals surface area contributed by atoms with E-state index in [2.05, 4.69) is 16.0 Å². The molecule has 0 atom stereocenters. The van der Waals surface area contributed by atoms with E-state index in [0.717, 1.165) is 11.1 Å². The number of nitrogens with zero attached hydrogens (tertiary/aromatic N) is 1. The predicted octanol–water partition coefficient (Wildman–Crippen LogP) is 2.00. The molecule has 2 N–H and O–H groups in total. The Balaban J connectivity index is 1.89. The van der Waals surface area contributed by atoms with E-state index in [1.54, 1.807) is 6.92 Å². The number of benzene rings is 1. The minimum atomic E-state index is -0.467. The first-order chi connectivity index (χ1) is 11.4. The first kappa shape index (κ1) is 17.5. The van der Waals surface area contributed by atoms with Crippen molar-refractivity contribution in [1.29, 1.82) is 0 Å². The highest BCUT2D eigenvalue weighted by molar-refractivity contribution is 5.97. The summed E-state index contributed by atoms with van der Waals surface area (Å²) < 4.78 is 10.5. The summed E-state index contributed by atoms with van der Waals surface area (Å²) in [5, 5.41) is 3.80. The molecule has 0 radical (unpaired) electrons. The molecular formula is C17H21N3O4. The lowest BCUT2D eigenvalue weighted by Crippen LogP contribution is -2.44. The van der Waals surface area contributed by atoms with Crippen molar-refractivity contribution in [2.24, 2.45) is 0 Å². The maximum absolute atomic E-state index is 12.1. The summed E-state index contributed by atoms with van der Waals surface area (Å²) in [5.74, 6) is 0.150. The summed E-state index contributed by atoms with van der Waals surface area (Å²) in [6.45, 7) is 7.12. The number of amides is 2. The van der Waals surface area contributed by atoms with Gasteiger partial charge >= 0.3 is 0 Å². The van der Waals surface area contributed by atoms with Crippen molar-refractivity contribution in [3.8, 4) is 5.75 Å². The Hall–Kier alpha value is -2.83. The smallest absolute Gasteiger partial charge is 0.276 e. The van der Waals surface area contributed by atoms with Gasteiger partial charge in [0.2, 0.25) is 0 Å². The second-order valence-corrected chi connectivity index (χ2v) is 5.43. The molecule has 0 aliphatic carbocycles. The van der Waals surface area contributed by atoms with E-state index in [1.807, 2.05) is 39.0 Å². The maximum atomic E-state index is 12.1. The Morgan fingerprint density at radius 1 is 1.17 bits per heavy atom. The summed E-state index contributed by atoms with van der Waals surface area (Å²) in [7, 11) is 0. The number of aryl methyl sites for hydroxylation is 4. The maximum Gasteiger partial charge on any atom is 0.276 e. The highest BCUT2D eigenvalue weighted by Crippen LogP contribution is 2.22. The highest BCUT2D eigenvalue weighted by atomic mass is 16.5. The molecule has 0 spiro atoms. The van der Waals surface area contributed by atoms with Crippen molar-refractivity contribution in [3.63, 3.8) is 0 Å². The fourth-order valence-corrected chi connectivity index (χ4v) is 2.34. The minimum absolute atomic E-state index is 0.199. The molecule has 2 aromatic rings.